The summed E-state index contributed by atoms with van der Waals surface area (Å²) in [7, 11) is 0. The van der Waals surface area contributed by atoms with Gasteiger partial charge in [0.05, 0.1) is 5.56 Å². The maximum atomic E-state index is 12.6. The van der Waals surface area contributed by atoms with E-state index >= 15 is 0 Å². The highest BCUT2D eigenvalue weighted by Crippen LogP contribution is 2.37. The lowest BCUT2D eigenvalue weighted by molar-refractivity contribution is -0.539. The Bertz CT molecular complexity index is 673. The van der Waals surface area contributed by atoms with Gasteiger partial charge in [-0.1, -0.05) is 35.4 Å². The van der Waals surface area contributed by atoms with Gasteiger partial charge in [0.25, 0.3) is 0 Å². The molecule has 0 bridgehead atoms. The van der Waals surface area contributed by atoms with Crippen LogP contribution in [0.1, 0.15) is 33.3 Å². The van der Waals surface area contributed by atoms with Crippen molar-refractivity contribution in [1.82, 2.24) is 5.06 Å². The van der Waals surface area contributed by atoms with E-state index in [1.807, 2.05) is 42.5 Å². The zero-order valence-electron chi connectivity index (χ0n) is 12.8. The smallest absolute Gasteiger partial charge is 0.316 e. The number of nitrogens with zero attached hydrogens (tertiary/aromatic N) is 2. The second kappa shape index (κ2) is 4.21. The molecule has 21 heavy (non-hydrogen) atoms. The number of amidine groups is 1. The summed E-state index contributed by atoms with van der Waals surface area (Å²) in [5, 5.41) is 26.1. The van der Waals surface area contributed by atoms with Gasteiger partial charge in [-0.15, -0.1) is 0 Å². The summed E-state index contributed by atoms with van der Waals surface area (Å²) < 4.78 is 0.847. The maximum Gasteiger partial charge on any atom is 0.316 e. The zero-order chi connectivity index (χ0) is 15.4. The molecule has 0 aromatic heterocycles. The van der Waals surface area contributed by atoms with Gasteiger partial charge < -0.3 is 5.21 Å². The Labute approximate surface area is 124 Å². The van der Waals surface area contributed by atoms with Crippen molar-refractivity contribution in [3.05, 3.63) is 53.2 Å². The first-order valence-electron chi connectivity index (χ1n) is 7.07. The number of hydrogen-bond donors (Lipinski definition) is 0. The van der Waals surface area contributed by atoms with Crippen molar-refractivity contribution in [3.63, 3.8) is 0 Å². The van der Waals surface area contributed by atoms with Gasteiger partial charge in [-0.3, -0.25) is 4.74 Å². The minimum absolute atomic E-state index is 0.183. The normalized spacial score (nSPS) is 20.3. The topological polar surface area (TPSA) is 49.2 Å². The van der Waals surface area contributed by atoms with Crippen LogP contribution in [0, 0.1) is 5.21 Å². The average Bonchev–Trinajstić information content (AvgIpc) is 2.83. The number of hydrogen-bond acceptors (Lipinski definition) is 2. The SMILES string of the molecule is CC1(C)N([O])C(c2ccc3cccc-3cc2)=[N+]([O-])C1(C)C. The monoisotopic (exact) mass is 283 g/mol. The first-order valence-corrected chi connectivity index (χ1v) is 7.07. The summed E-state index contributed by atoms with van der Waals surface area (Å²) in [5.74, 6) is 0.183. The molecular formula is C17H19N2O2. The standard InChI is InChI=1S/C17H19N2O2/c1-16(2)17(3,4)19(21)15(18(16)20)14-10-8-12-6-5-7-13(12)9-11-14/h5-11H,1-4H3. The lowest BCUT2D eigenvalue weighted by Gasteiger charge is -2.32. The molecule has 3 aliphatic rings. The third kappa shape index (κ3) is 1.75. The first-order chi connectivity index (χ1) is 9.76. The Morgan fingerprint density at radius 1 is 0.905 bits per heavy atom. The molecule has 3 rings (SSSR count). The van der Waals surface area contributed by atoms with Crippen molar-refractivity contribution in [2.75, 3.05) is 0 Å². The van der Waals surface area contributed by atoms with Crippen LogP contribution in [-0.4, -0.2) is 26.7 Å². The van der Waals surface area contributed by atoms with Gasteiger partial charge in [0.1, 0.15) is 5.54 Å². The second-order valence-corrected chi connectivity index (χ2v) is 6.59. The highest BCUT2D eigenvalue weighted by Gasteiger charge is 2.59. The van der Waals surface area contributed by atoms with E-state index in [-0.39, 0.29) is 5.84 Å². The van der Waals surface area contributed by atoms with Crippen LogP contribution in [0.3, 0.4) is 0 Å². The summed E-state index contributed by atoms with van der Waals surface area (Å²) in [6.45, 7) is 7.21. The van der Waals surface area contributed by atoms with Gasteiger partial charge in [-0.2, -0.15) is 0 Å². The maximum absolute atomic E-state index is 12.6. The molecule has 1 radical (unpaired) electrons. The van der Waals surface area contributed by atoms with E-state index in [0.717, 1.165) is 20.9 Å². The van der Waals surface area contributed by atoms with E-state index < -0.39 is 11.1 Å². The summed E-state index contributed by atoms with van der Waals surface area (Å²) in [6.07, 6.45) is 0. The van der Waals surface area contributed by atoms with Gasteiger partial charge in [0.15, 0.2) is 5.54 Å². The van der Waals surface area contributed by atoms with E-state index in [4.69, 9.17) is 0 Å². The summed E-state index contributed by atoms with van der Waals surface area (Å²) in [4.78, 5) is 0. The van der Waals surface area contributed by atoms with E-state index in [1.54, 1.807) is 27.7 Å². The fourth-order valence-electron chi connectivity index (χ4n) is 2.66. The molecule has 0 spiro atoms. The van der Waals surface area contributed by atoms with Crippen LogP contribution in [0.5, 0.6) is 0 Å². The molecule has 0 aromatic rings. The van der Waals surface area contributed by atoms with E-state index in [9.17, 15) is 10.4 Å². The summed E-state index contributed by atoms with van der Waals surface area (Å²) in [6, 6.07) is 13.6. The molecule has 4 heteroatoms. The van der Waals surface area contributed by atoms with Crippen LogP contribution in [-0.2, 0) is 5.21 Å². The molecule has 1 aliphatic heterocycles. The first kappa shape index (κ1) is 13.9. The Kier molecular flexibility index (Phi) is 2.79. The molecular weight excluding hydrogens is 264 g/mol. The van der Waals surface area contributed by atoms with Crippen LogP contribution < -0.4 is 0 Å². The van der Waals surface area contributed by atoms with Crippen LogP contribution >= 0.6 is 0 Å². The van der Waals surface area contributed by atoms with Gasteiger partial charge >= 0.3 is 5.84 Å². The fourth-order valence-corrected chi connectivity index (χ4v) is 2.66. The van der Waals surface area contributed by atoms with Crippen molar-refractivity contribution >= 4 is 5.84 Å². The fraction of sp³-hybridized carbons (Fsp3) is 0.353. The van der Waals surface area contributed by atoms with Gasteiger partial charge in [0.2, 0.25) is 0 Å². The molecule has 4 nitrogen and oxygen atoms in total. The molecule has 0 amide bonds. The molecule has 0 fully saturated rings. The van der Waals surface area contributed by atoms with Gasteiger partial charge in [0, 0.05) is 5.21 Å². The predicted octanol–water partition coefficient (Wildman–Crippen LogP) is 3.27. The Morgan fingerprint density at radius 2 is 1.38 bits per heavy atom. The Hall–Kier alpha value is -2.07. The van der Waals surface area contributed by atoms with Crippen LogP contribution in [0.4, 0.5) is 0 Å². The van der Waals surface area contributed by atoms with Crippen molar-refractivity contribution < 1.29 is 9.95 Å². The minimum atomic E-state index is -0.784. The highest BCUT2D eigenvalue weighted by atomic mass is 16.5. The molecule has 0 saturated heterocycles. The molecule has 109 valence electrons. The largest absolute Gasteiger partial charge is 0.714 e. The number of fused-ring (bicyclic) bond motifs is 1. The highest BCUT2D eigenvalue weighted by molar-refractivity contribution is 5.96. The van der Waals surface area contributed by atoms with Crippen LogP contribution in [0.2, 0.25) is 0 Å². The Morgan fingerprint density at radius 3 is 1.81 bits per heavy atom. The summed E-state index contributed by atoms with van der Waals surface area (Å²) in [5.41, 5.74) is 1.26. The number of hydroxylamine groups is 3. The molecule has 0 unspecified atom stereocenters. The molecule has 2 aliphatic carbocycles. The predicted molar refractivity (Wildman–Crippen MR) is 81.5 cm³/mol. The molecule has 1 heterocycles. The van der Waals surface area contributed by atoms with Crippen LogP contribution in [0.25, 0.3) is 11.1 Å². The molecule has 0 N–H and O–H groups in total. The van der Waals surface area contributed by atoms with E-state index in [2.05, 4.69) is 0 Å². The summed E-state index contributed by atoms with van der Waals surface area (Å²) >= 11 is 0. The molecule has 0 atom stereocenters. The minimum Gasteiger partial charge on any atom is -0.714 e. The number of rotatable bonds is 1. The van der Waals surface area contributed by atoms with E-state index in [1.165, 1.54) is 0 Å². The average molecular weight is 283 g/mol. The lowest BCUT2D eigenvalue weighted by Crippen LogP contribution is -2.53. The molecule has 0 aromatic carbocycles. The second-order valence-electron chi connectivity index (χ2n) is 6.59. The van der Waals surface area contributed by atoms with Crippen molar-refractivity contribution in [2.45, 2.75) is 38.8 Å². The lowest BCUT2D eigenvalue weighted by atomic mass is 9.84. The third-order valence-electron chi connectivity index (χ3n) is 4.93. The zero-order valence-corrected chi connectivity index (χ0v) is 12.8. The third-order valence-corrected chi connectivity index (χ3v) is 4.93. The van der Waals surface area contributed by atoms with Gasteiger partial charge in [-0.25, -0.2) is 0 Å². The van der Waals surface area contributed by atoms with Crippen LogP contribution in [0.15, 0.2) is 42.5 Å². The Balaban J connectivity index is 2.18. The van der Waals surface area contributed by atoms with Crippen molar-refractivity contribution in [2.24, 2.45) is 0 Å². The van der Waals surface area contributed by atoms with Crippen molar-refractivity contribution in [3.8, 4) is 11.1 Å². The van der Waals surface area contributed by atoms with E-state index in [0.29, 0.717) is 5.56 Å². The molecule has 0 saturated carbocycles. The van der Waals surface area contributed by atoms with Crippen molar-refractivity contribution in [1.29, 1.82) is 0 Å². The van der Waals surface area contributed by atoms with Gasteiger partial charge in [-0.05, 0) is 51.0 Å². The quantitative estimate of drug-likeness (QED) is 0.595.